The highest BCUT2D eigenvalue weighted by molar-refractivity contribution is 5.73. The van der Waals surface area contributed by atoms with Crippen LogP contribution in [0.15, 0.2) is 18.2 Å². The Morgan fingerprint density at radius 3 is 2.87 bits per heavy atom. The van der Waals surface area contributed by atoms with E-state index >= 15 is 0 Å². The molecule has 1 aliphatic carbocycles. The normalized spacial score (nSPS) is 18.3. The van der Waals surface area contributed by atoms with Gasteiger partial charge in [0.15, 0.2) is 0 Å². The Morgan fingerprint density at radius 1 is 1.23 bits per heavy atom. The van der Waals surface area contributed by atoms with E-state index in [0.29, 0.717) is 22.9 Å². The molecule has 1 fully saturated rings. The fourth-order valence-electron chi connectivity index (χ4n) is 4.38. The van der Waals surface area contributed by atoms with Crippen LogP contribution in [0.4, 0.5) is 23.1 Å². The summed E-state index contributed by atoms with van der Waals surface area (Å²) in [7, 11) is 0. The molecule has 0 saturated carbocycles. The van der Waals surface area contributed by atoms with Crippen molar-refractivity contribution in [2.24, 2.45) is 0 Å². The summed E-state index contributed by atoms with van der Waals surface area (Å²) >= 11 is 0. The maximum absolute atomic E-state index is 11.5. The van der Waals surface area contributed by atoms with E-state index in [-0.39, 0.29) is 11.9 Å². The molecule has 30 heavy (non-hydrogen) atoms. The van der Waals surface area contributed by atoms with Gasteiger partial charge in [0.25, 0.3) is 0 Å². The van der Waals surface area contributed by atoms with Crippen molar-refractivity contribution in [1.82, 2.24) is 15.3 Å². The average molecular weight is 406 g/mol. The third-order valence-corrected chi connectivity index (χ3v) is 5.63. The van der Waals surface area contributed by atoms with E-state index < -0.39 is 0 Å². The van der Waals surface area contributed by atoms with Gasteiger partial charge in [0.2, 0.25) is 11.9 Å². The topological polar surface area (TPSA) is 120 Å². The smallest absolute Gasteiger partial charge is 0.229 e. The number of aryl methyl sites for hydroxylation is 1. The van der Waals surface area contributed by atoms with Crippen LogP contribution in [0.25, 0.3) is 0 Å². The molecule has 4 N–H and O–H groups in total. The Kier molecular flexibility index (Phi) is 5.70. The summed E-state index contributed by atoms with van der Waals surface area (Å²) in [5, 5.41) is 15.5. The first kappa shape index (κ1) is 20.0. The molecule has 2 aromatic rings. The van der Waals surface area contributed by atoms with Gasteiger partial charge in [0.1, 0.15) is 5.82 Å². The summed E-state index contributed by atoms with van der Waals surface area (Å²) in [5.41, 5.74) is 9.94. The van der Waals surface area contributed by atoms with E-state index in [9.17, 15) is 10.1 Å². The zero-order valence-corrected chi connectivity index (χ0v) is 17.2. The van der Waals surface area contributed by atoms with Crippen LogP contribution >= 0.6 is 0 Å². The molecular weight excluding hydrogens is 378 g/mol. The number of amides is 1. The van der Waals surface area contributed by atoms with Crippen molar-refractivity contribution >= 4 is 29.0 Å². The first-order chi connectivity index (χ1) is 14.5. The van der Waals surface area contributed by atoms with Crippen molar-refractivity contribution < 1.29 is 4.79 Å². The van der Waals surface area contributed by atoms with Crippen molar-refractivity contribution in [1.29, 1.82) is 5.26 Å². The van der Waals surface area contributed by atoms with Crippen LogP contribution < -0.4 is 21.3 Å². The number of aromatic nitrogens is 2. The summed E-state index contributed by atoms with van der Waals surface area (Å²) in [6, 6.07) is 7.41. The van der Waals surface area contributed by atoms with Gasteiger partial charge in [-0.3, -0.25) is 4.79 Å². The number of hydrogen-bond acceptors (Lipinski definition) is 7. The van der Waals surface area contributed by atoms with Gasteiger partial charge in [-0.25, -0.2) is 4.98 Å². The molecule has 0 spiro atoms. The zero-order chi connectivity index (χ0) is 21.1. The molecule has 2 heterocycles. The number of carbonyl (C=O) groups is 1. The summed E-state index contributed by atoms with van der Waals surface area (Å²) in [5.74, 6) is 1.48. The van der Waals surface area contributed by atoms with Crippen molar-refractivity contribution in [3.05, 3.63) is 35.0 Å². The van der Waals surface area contributed by atoms with Gasteiger partial charge < -0.3 is 21.3 Å². The predicted octanol–water partition coefficient (Wildman–Crippen LogP) is 2.66. The standard InChI is InChI=1S/C22H27N7O/c1-14(30)25-17-5-4-8-29(13-17)21-19-6-2-3-7-20(19)27-22(28-21)26-18-10-15(12-23)9-16(24)11-18/h9-11,17H,2-8,13,24H2,1H3,(H,25,30)(H,26,27,28). The number of rotatable bonds is 4. The lowest BCUT2D eigenvalue weighted by molar-refractivity contribution is -0.119. The Hall–Kier alpha value is -3.34. The maximum atomic E-state index is 11.5. The van der Waals surface area contributed by atoms with Crippen LogP contribution in [-0.2, 0) is 17.6 Å². The Bertz CT molecular complexity index is 998. The molecule has 0 radical (unpaired) electrons. The zero-order valence-electron chi connectivity index (χ0n) is 17.2. The van der Waals surface area contributed by atoms with Crippen molar-refractivity contribution in [3.8, 4) is 6.07 Å². The van der Waals surface area contributed by atoms with Gasteiger partial charge >= 0.3 is 0 Å². The van der Waals surface area contributed by atoms with Gasteiger partial charge in [-0.15, -0.1) is 0 Å². The molecular formula is C22H27N7O. The number of anilines is 4. The van der Waals surface area contributed by atoms with E-state index in [1.165, 1.54) is 5.56 Å². The third kappa shape index (κ3) is 4.46. The molecule has 8 heteroatoms. The molecule has 1 aliphatic heterocycles. The van der Waals surface area contributed by atoms with Crippen LogP contribution in [0.2, 0.25) is 0 Å². The number of nitrogen functional groups attached to an aromatic ring is 1. The number of benzene rings is 1. The quantitative estimate of drug-likeness (QED) is 0.669. The highest BCUT2D eigenvalue weighted by Crippen LogP contribution is 2.32. The highest BCUT2D eigenvalue weighted by atomic mass is 16.1. The largest absolute Gasteiger partial charge is 0.399 e. The van der Waals surface area contributed by atoms with Crippen LogP contribution in [0.3, 0.4) is 0 Å². The number of hydrogen-bond donors (Lipinski definition) is 3. The summed E-state index contributed by atoms with van der Waals surface area (Å²) in [6.07, 6.45) is 6.15. The molecule has 1 atom stereocenters. The lowest BCUT2D eigenvalue weighted by Crippen LogP contribution is -2.48. The monoisotopic (exact) mass is 405 g/mol. The lowest BCUT2D eigenvalue weighted by atomic mass is 9.95. The number of nitrogens with zero attached hydrogens (tertiary/aromatic N) is 4. The fourth-order valence-corrected chi connectivity index (χ4v) is 4.38. The van der Waals surface area contributed by atoms with Crippen LogP contribution in [0.5, 0.6) is 0 Å². The SMILES string of the molecule is CC(=O)NC1CCCN(c2nc(Nc3cc(N)cc(C#N)c3)nc3c2CCCC3)C1. The highest BCUT2D eigenvalue weighted by Gasteiger charge is 2.26. The molecule has 156 valence electrons. The molecule has 2 aliphatic rings. The first-order valence-corrected chi connectivity index (χ1v) is 10.5. The molecule has 8 nitrogen and oxygen atoms in total. The van der Waals surface area contributed by atoms with E-state index in [4.69, 9.17) is 15.7 Å². The first-order valence-electron chi connectivity index (χ1n) is 10.5. The van der Waals surface area contributed by atoms with Crippen molar-refractivity contribution in [2.45, 2.75) is 51.5 Å². The number of piperidine rings is 1. The molecule has 1 aromatic carbocycles. The molecule has 0 bridgehead atoms. The Balaban J connectivity index is 1.66. The second-order valence-electron chi connectivity index (χ2n) is 8.07. The summed E-state index contributed by atoms with van der Waals surface area (Å²) < 4.78 is 0. The second-order valence-corrected chi connectivity index (χ2v) is 8.07. The minimum absolute atomic E-state index is 0.00360. The van der Waals surface area contributed by atoms with E-state index in [0.717, 1.165) is 63.1 Å². The fraction of sp³-hybridized carbons (Fsp3) is 0.455. The van der Waals surface area contributed by atoms with Crippen LogP contribution in [0, 0.1) is 11.3 Å². The molecule has 1 saturated heterocycles. The molecule has 1 aromatic heterocycles. The molecule has 1 unspecified atom stereocenters. The van der Waals surface area contributed by atoms with Gasteiger partial charge in [-0.2, -0.15) is 10.2 Å². The summed E-state index contributed by atoms with van der Waals surface area (Å²) in [4.78, 5) is 23.5. The van der Waals surface area contributed by atoms with Gasteiger partial charge in [-0.05, 0) is 56.7 Å². The molecule has 1 amide bonds. The third-order valence-electron chi connectivity index (χ3n) is 5.63. The van der Waals surface area contributed by atoms with Crippen molar-refractivity contribution in [3.63, 3.8) is 0 Å². The van der Waals surface area contributed by atoms with E-state index in [1.54, 1.807) is 25.1 Å². The number of nitriles is 1. The predicted molar refractivity (Wildman–Crippen MR) is 117 cm³/mol. The lowest BCUT2D eigenvalue weighted by Gasteiger charge is -2.36. The van der Waals surface area contributed by atoms with Gasteiger partial charge in [0, 0.05) is 43.0 Å². The minimum atomic E-state index is 0.00360. The van der Waals surface area contributed by atoms with Crippen LogP contribution in [-0.4, -0.2) is 35.0 Å². The Morgan fingerprint density at radius 2 is 2.07 bits per heavy atom. The number of nitrogens with two attached hydrogens (primary N) is 1. The maximum Gasteiger partial charge on any atom is 0.229 e. The number of carbonyl (C=O) groups excluding carboxylic acids is 1. The number of fused-ring (bicyclic) bond motifs is 1. The van der Waals surface area contributed by atoms with Gasteiger partial charge in [-0.1, -0.05) is 0 Å². The van der Waals surface area contributed by atoms with E-state index in [2.05, 4.69) is 21.6 Å². The van der Waals surface area contributed by atoms with Crippen molar-refractivity contribution in [2.75, 3.05) is 29.0 Å². The summed E-state index contributed by atoms with van der Waals surface area (Å²) in [6.45, 7) is 3.23. The van der Waals surface area contributed by atoms with E-state index in [1.807, 2.05) is 0 Å². The van der Waals surface area contributed by atoms with Gasteiger partial charge in [0.05, 0.1) is 17.3 Å². The average Bonchev–Trinajstić information content (AvgIpc) is 2.72. The minimum Gasteiger partial charge on any atom is -0.399 e. The Labute approximate surface area is 176 Å². The van der Waals surface area contributed by atoms with Crippen LogP contribution in [0.1, 0.15) is 49.4 Å². The second kappa shape index (κ2) is 8.57. The molecule has 4 rings (SSSR count). The number of nitrogens with one attached hydrogen (secondary N) is 2.